The molecule has 1 aliphatic rings. The van der Waals surface area contributed by atoms with Crippen LogP contribution in [0, 0.1) is 11.6 Å². The maximum Gasteiger partial charge on any atom is 0.130 e. The van der Waals surface area contributed by atoms with Gasteiger partial charge in [0.1, 0.15) is 11.6 Å². The van der Waals surface area contributed by atoms with Crippen LogP contribution in [0.1, 0.15) is 24.9 Å². The molecule has 1 heterocycles. The van der Waals surface area contributed by atoms with Crippen LogP contribution in [0.5, 0.6) is 0 Å². The van der Waals surface area contributed by atoms with Gasteiger partial charge >= 0.3 is 0 Å². The number of hydrogen-bond acceptors (Lipinski definition) is 2. The van der Waals surface area contributed by atoms with Crippen LogP contribution in [0.15, 0.2) is 18.2 Å². The van der Waals surface area contributed by atoms with Gasteiger partial charge in [0.15, 0.2) is 0 Å². The molecule has 2 atom stereocenters. The van der Waals surface area contributed by atoms with Crippen molar-refractivity contribution in [3.8, 4) is 0 Å². The highest BCUT2D eigenvalue weighted by Crippen LogP contribution is 2.28. The Morgan fingerprint density at radius 2 is 2.00 bits per heavy atom. The zero-order valence-electron chi connectivity index (χ0n) is 9.17. The minimum Gasteiger partial charge on any atom is -0.305 e. The van der Waals surface area contributed by atoms with E-state index in [9.17, 15) is 8.78 Å². The molecule has 0 amide bonds. The second-order valence-corrected chi connectivity index (χ2v) is 5.07. The Balaban J connectivity index is 2.23. The summed E-state index contributed by atoms with van der Waals surface area (Å²) in [4.78, 5) is 0. The Labute approximate surface area is 98.6 Å². The topological polar surface area (TPSA) is 12.0 Å². The van der Waals surface area contributed by atoms with Crippen molar-refractivity contribution in [3.63, 3.8) is 0 Å². The molecular formula is C12H15F2NS. The molecule has 2 rings (SSSR count). The van der Waals surface area contributed by atoms with Gasteiger partial charge in [0.25, 0.3) is 0 Å². The summed E-state index contributed by atoms with van der Waals surface area (Å²) >= 11 is 1.75. The molecule has 1 nitrogen and oxygen atoms in total. The molecule has 0 bridgehead atoms. The third-order valence-electron chi connectivity index (χ3n) is 2.88. The molecule has 0 spiro atoms. The average molecular weight is 243 g/mol. The highest BCUT2D eigenvalue weighted by Gasteiger charge is 2.25. The molecule has 1 fully saturated rings. The summed E-state index contributed by atoms with van der Waals surface area (Å²) in [6.07, 6.45) is 0.986. The Morgan fingerprint density at radius 1 is 1.31 bits per heavy atom. The van der Waals surface area contributed by atoms with Crippen LogP contribution in [-0.2, 0) is 0 Å². The first-order chi connectivity index (χ1) is 7.72. The summed E-state index contributed by atoms with van der Waals surface area (Å²) in [5.41, 5.74) is 0.188. The van der Waals surface area contributed by atoms with Gasteiger partial charge in [-0.05, 0) is 18.6 Å². The number of rotatable bonds is 2. The average Bonchev–Trinajstić information content (AvgIpc) is 2.29. The van der Waals surface area contributed by atoms with Gasteiger partial charge in [-0.15, -0.1) is 0 Å². The van der Waals surface area contributed by atoms with Crippen molar-refractivity contribution in [1.29, 1.82) is 0 Å². The quantitative estimate of drug-likeness (QED) is 0.856. The van der Waals surface area contributed by atoms with Crippen molar-refractivity contribution < 1.29 is 8.78 Å². The Kier molecular flexibility index (Phi) is 3.82. The SMILES string of the molecule is CCC1CSCC(c2c(F)cccc2F)N1. The Bertz CT molecular complexity index is 350. The highest BCUT2D eigenvalue weighted by atomic mass is 32.2. The predicted molar refractivity (Wildman–Crippen MR) is 63.6 cm³/mol. The van der Waals surface area contributed by atoms with Crippen LogP contribution in [0.3, 0.4) is 0 Å². The first-order valence-electron chi connectivity index (χ1n) is 5.50. The standard InChI is InChI=1S/C12H15F2NS/c1-2-8-6-16-7-11(15-8)12-9(13)4-3-5-10(12)14/h3-5,8,11,15H,2,6-7H2,1H3. The zero-order valence-corrected chi connectivity index (χ0v) is 9.99. The van der Waals surface area contributed by atoms with E-state index < -0.39 is 11.6 Å². The Hall–Kier alpha value is -0.610. The molecule has 0 aliphatic carbocycles. The minimum absolute atomic E-state index is 0.188. The third kappa shape index (κ3) is 2.38. The van der Waals surface area contributed by atoms with Crippen molar-refractivity contribution in [2.45, 2.75) is 25.4 Å². The van der Waals surface area contributed by atoms with Gasteiger partial charge in [0.05, 0.1) is 0 Å². The second-order valence-electron chi connectivity index (χ2n) is 4.00. The smallest absolute Gasteiger partial charge is 0.130 e. The lowest BCUT2D eigenvalue weighted by molar-refractivity contribution is 0.433. The van der Waals surface area contributed by atoms with Crippen molar-refractivity contribution >= 4 is 11.8 Å². The van der Waals surface area contributed by atoms with E-state index in [1.807, 2.05) is 0 Å². The molecule has 0 radical (unpaired) electrons. The van der Waals surface area contributed by atoms with Gasteiger partial charge in [-0.2, -0.15) is 11.8 Å². The van der Waals surface area contributed by atoms with Crippen molar-refractivity contribution in [3.05, 3.63) is 35.4 Å². The fraction of sp³-hybridized carbons (Fsp3) is 0.500. The molecule has 2 unspecified atom stereocenters. The van der Waals surface area contributed by atoms with Crippen LogP contribution in [0.25, 0.3) is 0 Å². The molecule has 1 saturated heterocycles. The van der Waals surface area contributed by atoms with E-state index in [0.29, 0.717) is 6.04 Å². The van der Waals surface area contributed by atoms with Crippen LogP contribution >= 0.6 is 11.8 Å². The summed E-state index contributed by atoms with van der Waals surface area (Å²) in [7, 11) is 0. The lowest BCUT2D eigenvalue weighted by atomic mass is 10.1. The van der Waals surface area contributed by atoms with E-state index in [0.717, 1.165) is 17.9 Å². The minimum atomic E-state index is -0.449. The van der Waals surface area contributed by atoms with E-state index >= 15 is 0 Å². The summed E-state index contributed by atoms with van der Waals surface area (Å²) in [6.45, 7) is 2.08. The lowest BCUT2D eigenvalue weighted by Crippen LogP contribution is -2.40. The third-order valence-corrected chi connectivity index (χ3v) is 4.09. The molecule has 4 heteroatoms. The highest BCUT2D eigenvalue weighted by molar-refractivity contribution is 7.99. The van der Waals surface area contributed by atoms with Crippen molar-refractivity contribution in [2.75, 3.05) is 11.5 Å². The monoisotopic (exact) mass is 243 g/mol. The Morgan fingerprint density at radius 3 is 2.62 bits per heavy atom. The maximum atomic E-state index is 13.6. The lowest BCUT2D eigenvalue weighted by Gasteiger charge is -2.30. The van der Waals surface area contributed by atoms with Crippen LogP contribution in [-0.4, -0.2) is 17.5 Å². The van der Waals surface area contributed by atoms with Crippen LogP contribution in [0.4, 0.5) is 8.78 Å². The van der Waals surface area contributed by atoms with E-state index in [-0.39, 0.29) is 11.6 Å². The molecule has 0 saturated carbocycles. The van der Waals surface area contributed by atoms with Gasteiger partial charge in [-0.1, -0.05) is 13.0 Å². The van der Waals surface area contributed by atoms with Gasteiger partial charge in [-0.3, -0.25) is 0 Å². The molecule has 1 N–H and O–H groups in total. The fourth-order valence-electron chi connectivity index (χ4n) is 1.95. The van der Waals surface area contributed by atoms with Gasteiger partial charge in [0.2, 0.25) is 0 Å². The van der Waals surface area contributed by atoms with Crippen molar-refractivity contribution in [1.82, 2.24) is 5.32 Å². The van der Waals surface area contributed by atoms with Gasteiger partial charge < -0.3 is 5.32 Å². The maximum absolute atomic E-state index is 13.6. The normalized spacial score (nSPS) is 25.7. The predicted octanol–water partition coefficient (Wildman–Crippen LogP) is 3.12. The number of nitrogens with one attached hydrogen (secondary N) is 1. The van der Waals surface area contributed by atoms with E-state index in [2.05, 4.69) is 12.2 Å². The number of benzene rings is 1. The van der Waals surface area contributed by atoms with Gasteiger partial charge in [0, 0.05) is 29.2 Å². The number of thioether (sulfide) groups is 1. The summed E-state index contributed by atoms with van der Waals surface area (Å²) in [6, 6.07) is 4.19. The largest absolute Gasteiger partial charge is 0.305 e. The first-order valence-corrected chi connectivity index (χ1v) is 6.65. The molecule has 1 aromatic rings. The van der Waals surface area contributed by atoms with Crippen molar-refractivity contribution in [2.24, 2.45) is 0 Å². The molecule has 16 heavy (non-hydrogen) atoms. The summed E-state index contributed by atoms with van der Waals surface area (Å²) < 4.78 is 27.2. The molecular weight excluding hydrogens is 228 g/mol. The van der Waals surface area contributed by atoms with E-state index in [1.54, 1.807) is 11.8 Å². The second kappa shape index (κ2) is 5.15. The van der Waals surface area contributed by atoms with Gasteiger partial charge in [-0.25, -0.2) is 8.78 Å². The number of halogens is 2. The van der Waals surface area contributed by atoms with E-state index in [4.69, 9.17) is 0 Å². The fourth-order valence-corrected chi connectivity index (χ4v) is 3.21. The van der Waals surface area contributed by atoms with Crippen LogP contribution in [0.2, 0.25) is 0 Å². The molecule has 88 valence electrons. The molecule has 0 aromatic heterocycles. The van der Waals surface area contributed by atoms with Crippen LogP contribution < -0.4 is 5.32 Å². The summed E-state index contributed by atoms with van der Waals surface area (Å²) in [5.74, 6) is 0.849. The first kappa shape index (κ1) is 11.9. The molecule has 1 aliphatic heterocycles. The van der Waals surface area contributed by atoms with E-state index in [1.165, 1.54) is 18.2 Å². The number of hydrogen-bond donors (Lipinski definition) is 1. The zero-order chi connectivity index (χ0) is 11.5. The molecule has 1 aromatic carbocycles. The summed E-state index contributed by atoms with van der Waals surface area (Å²) in [5, 5.41) is 3.30.